The molecule has 43 heavy (non-hydrogen) atoms. The molecule has 0 aliphatic carbocycles. The Labute approximate surface area is 266 Å². The standard InChI is InChI=1S/C37H71FO5/c1-5-7-9-11-13-15-17-19-21-23-25-27-29-39-31-32(34-33(38)35-36(41-34)43-37(3,4)42-35)40-30-28-26-24-22-20-18-16-14-12-10-8-6-2/h32-36H,5-31H2,1-4H3/t32-,33+,34-,35-,36-/m1/s1. The zero-order chi connectivity index (χ0) is 31.0. The first-order valence-corrected chi connectivity index (χ1v) is 18.8. The number of ether oxygens (including phenoxy) is 5. The number of hydrogen-bond acceptors (Lipinski definition) is 5. The zero-order valence-electron chi connectivity index (χ0n) is 28.9. The van der Waals surface area contributed by atoms with Gasteiger partial charge in [0.25, 0.3) is 0 Å². The van der Waals surface area contributed by atoms with Gasteiger partial charge in [-0.05, 0) is 26.7 Å². The average Bonchev–Trinajstić information content (AvgIpc) is 3.45. The molecule has 0 unspecified atom stereocenters. The third kappa shape index (κ3) is 17.9. The van der Waals surface area contributed by atoms with Crippen LogP contribution >= 0.6 is 0 Å². The molecule has 5 atom stereocenters. The van der Waals surface area contributed by atoms with E-state index in [0.29, 0.717) is 19.8 Å². The first kappa shape index (κ1) is 38.9. The highest BCUT2D eigenvalue weighted by molar-refractivity contribution is 4.96. The summed E-state index contributed by atoms with van der Waals surface area (Å²) in [6, 6.07) is 0. The van der Waals surface area contributed by atoms with Crippen molar-refractivity contribution in [2.45, 2.75) is 218 Å². The van der Waals surface area contributed by atoms with Crippen molar-refractivity contribution < 1.29 is 28.1 Å². The number of hydrogen-bond donors (Lipinski definition) is 0. The normalized spacial score (nSPS) is 23.7. The summed E-state index contributed by atoms with van der Waals surface area (Å²) in [5.41, 5.74) is 0. The van der Waals surface area contributed by atoms with E-state index >= 15 is 4.39 Å². The molecule has 256 valence electrons. The van der Waals surface area contributed by atoms with Crippen LogP contribution in [0.4, 0.5) is 4.39 Å². The largest absolute Gasteiger partial charge is 0.379 e. The van der Waals surface area contributed by atoms with Crippen molar-refractivity contribution in [3.63, 3.8) is 0 Å². The quantitative estimate of drug-likeness (QED) is 0.0753. The van der Waals surface area contributed by atoms with Gasteiger partial charge in [-0.15, -0.1) is 0 Å². The van der Waals surface area contributed by atoms with Crippen LogP contribution in [-0.4, -0.2) is 56.4 Å². The molecule has 5 nitrogen and oxygen atoms in total. The molecule has 0 amide bonds. The third-order valence-corrected chi connectivity index (χ3v) is 9.13. The van der Waals surface area contributed by atoms with Crippen LogP contribution in [0, 0.1) is 0 Å². The van der Waals surface area contributed by atoms with Gasteiger partial charge >= 0.3 is 0 Å². The van der Waals surface area contributed by atoms with E-state index in [2.05, 4.69) is 13.8 Å². The lowest BCUT2D eigenvalue weighted by Crippen LogP contribution is -2.42. The van der Waals surface area contributed by atoms with Crippen LogP contribution in [0.15, 0.2) is 0 Å². The number of alkyl halides is 1. The van der Waals surface area contributed by atoms with Gasteiger partial charge < -0.3 is 23.7 Å². The lowest BCUT2D eigenvalue weighted by Gasteiger charge is -2.28. The molecule has 0 bridgehead atoms. The lowest BCUT2D eigenvalue weighted by molar-refractivity contribution is -0.227. The van der Waals surface area contributed by atoms with Gasteiger partial charge in [-0.1, -0.05) is 155 Å². The molecule has 0 spiro atoms. The van der Waals surface area contributed by atoms with Crippen LogP contribution in [0.1, 0.15) is 182 Å². The molecule has 0 saturated carbocycles. The van der Waals surface area contributed by atoms with E-state index in [1.165, 1.54) is 135 Å². The van der Waals surface area contributed by atoms with Crippen molar-refractivity contribution in [3.8, 4) is 0 Å². The van der Waals surface area contributed by atoms with E-state index in [1.54, 1.807) is 13.8 Å². The number of halogens is 1. The summed E-state index contributed by atoms with van der Waals surface area (Å²) in [5.74, 6) is -0.818. The van der Waals surface area contributed by atoms with Gasteiger partial charge in [0, 0.05) is 13.2 Å². The van der Waals surface area contributed by atoms with Crippen LogP contribution in [0.25, 0.3) is 0 Å². The molecule has 0 radical (unpaired) electrons. The second-order valence-electron chi connectivity index (χ2n) is 13.8. The van der Waals surface area contributed by atoms with Crippen LogP contribution in [0.3, 0.4) is 0 Å². The minimum absolute atomic E-state index is 0.351. The zero-order valence-corrected chi connectivity index (χ0v) is 28.9. The molecule has 0 aromatic rings. The molecule has 6 heteroatoms. The van der Waals surface area contributed by atoms with Crippen LogP contribution in [0.5, 0.6) is 0 Å². The van der Waals surface area contributed by atoms with E-state index in [1.807, 2.05) is 0 Å². The second kappa shape index (κ2) is 24.9. The van der Waals surface area contributed by atoms with Gasteiger partial charge in [-0.2, -0.15) is 0 Å². The molecule has 2 aliphatic rings. The lowest BCUT2D eigenvalue weighted by atomic mass is 10.1. The van der Waals surface area contributed by atoms with Gasteiger partial charge in [-0.25, -0.2) is 4.39 Å². The van der Waals surface area contributed by atoms with E-state index in [4.69, 9.17) is 23.7 Å². The van der Waals surface area contributed by atoms with Crippen molar-refractivity contribution >= 4 is 0 Å². The molecule has 2 aliphatic heterocycles. The molecule has 0 N–H and O–H groups in total. The highest BCUT2D eigenvalue weighted by Crippen LogP contribution is 2.40. The molecule has 2 saturated heterocycles. The average molecular weight is 615 g/mol. The highest BCUT2D eigenvalue weighted by Gasteiger charge is 2.57. The second-order valence-corrected chi connectivity index (χ2v) is 13.8. The van der Waals surface area contributed by atoms with E-state index in [9.17, 15) is 0 Å². The summed E-state index contributed by atoms with van der Waals surface area (Å²) in [6.45, 7) is 9.80. The fraction of sp³-hybridized carbons (Fsp3) is 1.00. The molecule has 0 aromatic heterocycles. The van der Waals surface area contributed by atoms with Gasteiger partial charge in [0.2, 0.25) is 0 Å². The smallest absolute Gasteiger partial charge is 0.190 e. The van der Waals surface area contributed by atoms with Gasteiger partial charge in [-0.3, -0.25) is 0 Å². The fourth-order valence-corrected chi connectivity index (χ4v) is 6.45. The maximum absolute atomic E-state index is 15.4. The Balaban J connectivity index is 1.56. The Morgan fingerprint density at radius 3 is 1.44 bits per heavy atom. The van der Waals surface area contributed by atoms with Gasteiger partial charge in [0.1, 0.15) is 18.3 Å². The van der Waals surface area contributed by atoms with Crippen LogP contribution in [0.2, 0.25) is 0 Å². The summed E-state index contributed by atoms with van der Waals surface area (Å²) in [5, 5.41) is 0. The van der Waals surface area contributed by atoms with Gasteiger partial charge in [0.15, 0.2) is 18.2 Å². The maximum Gasteiger partial charge on any atom is 0.190 e. The summed E-state index contributed by atoms with van der Waals surface area (Å²) in [6.07, 6.45) is 27.7. The summed E-state index contributed by atoms with van der Waals surface area (Å²) in [4.78, 5) is 0. The van der Waals surface area contributed by atoms with Crippen molar-refractivity contribution in [3.05, 3.63) is 0 Å². The predicted molar refractivity (Wildman–Crippen MR) is 176 cm³/mol. The Hall–Kier alpha value is -0.270. The SMILES string of the molecule is CCCCCCCCCCCCCCOC[C@@H](OCCCCCCCCCCCCCC)[C@H]1O[C@@H]2OC(C)(C)O[C@@H]2[C@H]1F. The molecule has 0 aromatic carbocycles. The molecular formula is C37H71FO5. The fourth-order valence-electron chi connectivity index (χ4n) is 6.45. The molecule has 2 fully saturated rings. The number of unbranched alkanes of at least 4 members (excludes halogenated alkanes) is 22. The van der Waals surface area contributed by atoms with Crippen LogP contribution in [-0.2, 0) is 23.7 Å². The minimum atomic E-state index is -1.28. The van der Waals surface area contributed by atoms with Crippen molar-refractivity contribution in [2.75, 3.05) is 19.8 Å². The first-order valence-electron chi connectivity index (χ1n) is 18.8. The number of rotatable bonds is 30. The van der Waals surface area contributed by atoms with Crippen molar-refractivity contribution in [1.29, 1.82) is 0 Å². The highest BCUT2D eigenvalue weighted by atomic mass is 19.1. The van der Waals surface area contributed by atoms with Crippen LogP contribution < -0.4 is 0 Å². The Morgan fingerprint density at radius 1 is 0.581 bits per heavy atom. The van der Waals surface area contributed by atoms with Crippen molar-refractivity contribution in [1.82, 2.24) is 0 Å². The van der Waals surface area contributed by atoms with Gasteiger partial charge in [0.05, 0.1) is 6.61 Å². The third-order valence-electron chi connectivity index (χ3n) is 9.13. The van der Waals surface area contributed by atoms with E-state index in [-0.39, 0.29) is 0 Å². The first-order chi connectivity index (χ1) is 21.0. The summed E-state index contributed by atoms with van der Waals surface area (Å²) >= 11 is 0. The maximum atomic E-state index is 15.4. The molecular weight excluding hydrogens is 543 g/mol. The Morgan fingerprint density at radius 2 is 1.00 bits per heavy atom. The Bertz CT molecular complexity index is 632. The number of fused-ring (bicyclic) bond motifs is 1. The molecule has 2 rings (SSSR count). The topological polar surface area (TPSA) is 46.2 Å². The molecule has 2 heterocycles. The predicted octanol–water partition coefficient (Wildman–Crippen LogP) is 11.0. The monoisotopic (exact) mass is 615 g/mol. The summed E-state index contributed by atoms with van der Waals surface area (Å²) < 4.78 is 45.2. The van der Waals surface area contributed by atoms with E-state index in [0.717, 1.165) is 19.3 Å². The minimum Gasteiger partial charge on any atom is -0.379 e. The van der Waals surface area contributed by atoms with E-state index < -0.39 is 36.6 Å². The summed E-state index contributed by atoms with van der Waals surface area (Å²) in [7, 11) is 0. The van der Waals surface area contributed by atoms with Crippen molar-refractivity contribution in [2.24, 2.45) is 0 Å². The Kier molecular flexibility index (Phi) is 22.5.